The van der Waals surface area contributed by atoms with Gasteiger partial charge in [0.2, 0.25) is 5.17 Å². The van der Waals surface area contributed by atoms with Gasteiger partial charge in [0, 0.05) is 5.75 Å². The summed E-state index contributed by atoms with van der Waals surface area (Å²) in [5, 5.41) is 8.32. The smallest absolute Gasteiger partial charge is 0.406 e. The molecule has 0 bridgehead atoms. The zero-order valence-electron chi connectivity index (χ0n) is 9.02. The first kappa shape index (κ1) is 12.9. The number of halogens is 3. The minimum atomic E-state index is -4.68. The molecular formula is C10H8F3N3OS. The number of nitrogens with zero attached hydrogens (tertiary/aromatic N) is 3. The number of alkyl halides is 3. The average Bonchev–Trinajstić information content (AvgIpc) is 2.79. The lowest BCUT2D eigenvalue weighted by Gasteiger charge is -2.07. The molecule has 8 heteroatoms. The SMILES string of the molecule is FC(F)(F)Oc1ccc(/N=N/C2=NCCS2)cc1. The van der Waals surface area contributed by atoms with Gasteiger partial charge in [0.25, 0.3) is 0 Å². The highest BCUT2D eigenvalue weighted by atomic mass is 32.2. The van der Waals surface area contributed by atoms with Gasteiger partial charge in [-0.2, -0.15) is 0 Å². The minimum Gasteiger partial charge on any atom is -0.406 e. The van der Waals surface area contributed by atoms with Gasteiger partial charge in [-0.3, -0.25) is 4.99 Å². The van der Waals surface area contributed by atoms with Crippen LogP contribution in [0.5, 0.6) is 5.75 Å². The molecular weight excluding hydrogens is 267 g/mol. The van der Waals surface area contributed by atoms with E-state index in [1.807, 2.05) is 0 Å². The van der Waals surface area contributed by atoms with E-state index in [9.17, 15) is 13.2 Å². The van der Waals surface area contributed by atoms with E-state index in [0.29, 0.717) is 10.9 Å². The maximum Gasteiger partial charge on any atom is 0.573 e. The summed E-state index contributed by atoms with van der Waals surface area (Å²) in [6.45, 7) is 0.720. The van der Waals surface area contributed by atoms with Crippen LogP contribution in [0, 0.1) is 0 Å². The van der Waals surface area contributed by atoms with Crippen LogP contribution >= 0.6 is 11.8 Å². The molecule has 1 aromatic rings. The maximum atomic E-state index is 11.9. The first-order valence-electron chi connectivity index (χ1n) is 4.98. The summed E-state index contributed by atoms with van der Waals surface area (Å²) in [5.41, 5.74) is 0.444. The van der Waals surface area contributed by atoms with E-state index >= 15 is 0 Å². The van der Waals surface area contributed by atoms with Crippen molar-refractivity contribution in [2.75, 3.05) is 12.3 Å². The second-order valence-corrected chi connectivity index (χ2v) is 4.32. The van der Waals surface area contributed by atoms with Crippen LogP contribution in [0.25, 0.3) is 0 Å². The van der Waals surface area contributed by atoms with Crippen molar-refractivity contribution >= 4 is 22.6 Å². The van der Waals surface area contributed by atoms with E-state index in [1.165, 1.54) is 36.0 Å². The number of hydrogen-bond acceptors (Lipinski definition) is 5. The molecule has 2 rings (SSSR count). The van der Waals surface area contributed by atoms with E-state index in [0.717, 1.165) is 12.3 Å². The molecule has 0 spiro atoms. The second kappa shape index (κ2) is 5.38. The third kappa shape index (κ3) is 4.02. The van der Waals surface area contributed by atoms with E-state index in [-0.39, 0.29) is 5.75 Å². The molecule has 1 aliphatic rings. The Hall–Kier alpha value is -1.57. The number of hydrogen-bond donors (Lipinski definition) is 0. The maximum absolute atomic E-state index is 11.9. The normalized spacial score (nSPS) is 16.1. The summed E-state index contributed by atoms with van der Waals surface area (Å²) < 4.78 is 39.5. The van der Waals surface area contributed by atoms with Crippen LogP contribution in [0.4, 0.5) is 18.9 Å². The van der Waals surface area contributed by atoms with Gasteiger partial charge in [-0.05, 0) is 24.3 Å². The Morgan fingerprint density at radius 3 is 2.44 bits per heavy atom. The molecule has 1 aromatic carbocycles. The van der Waals surface area contributed by atoms with E-state index in [2.05, 4.69) is 20.0 Å². The number of thioether (sulfide) groups is 1. The Kier molecular flexibility index (Phi) is 3.85. The first-order valence-corrected chi connectivity index (χ1v) is 5.96. The quantitative estimate of drug-likeness (QED) is 0.771. The van der Waals surface area contributed by atoms with Crippen LogP contribution in [0.3, 0.4) is 0 Å². The molecule has 0 fully saturated rings. The molecule has 0 saturated heterocycles. The molecule has 0 aromatic heterocycles. The topological polar surface area (TPSA) is 46.3 Å². The molecule has 0 radical (unpaired) electrons. The monoisotopic (exact) mass is 275 g/mol. The first-order chi connectivity index (χ1) is 8.53. The van der Waals surface area contributed by atoms with E-state index in [4.69, 9.17) is 0 Å². The van der Waals surface area contributed by atoms with Crippen LogP contribution in [0.1, 0.15) is 0 Å². The van der Waals surface area contributed by atoms with Crippen LogP contribution in [-0.4, -0.2) is 23.8 Å². The fourth-order valence-electron chi connectivity index (χ4n) is 1.20. The van der Waals surface area contributed by atoms with Crippen molar-refractivity contribution in [2.45, 2.75) is 6.36 Å². The molecule has 96 valence electrons. The van der Waals surface area contributed by atoms with Crippen LogP contribution < -0.4 is 4.74 Å². The van der Waals surface area contributed by atoms with E-state index in [1.54, 1.807) is 0 Å². The lowest BCUT2D eigenvalue weighted by molar-refractivity contribution is -0.274. The summed E-state index contributed by atoms with van der Waals surface area (Å²) in [4.78, 5) is 4.06. The van der Waals surface area contributed by atoms with Gasteiger partial charge < -0.3 is 4.74 Å². The lowest BCUT2D eigenvalue weighted by atomic mass is 10.3. The lowest BCUT2D eigenvalue weighted by Crippen LogP contribution is -2.16. The molecule has 0 amide bonds. The van der Waals surface area contributed by atoms with E-state index < -0.39 is 6.36 Å². The Morgan fingerprint density at radius 2 is 1.89 bits per heavy atom. The Labute approximate surface area is 105 Å². The van der Waals surface area contributed by atoms with Gasteiger partial charge in [0.05, 0.1) is 12.2 Å². The van der Waals surface area contributed by atoms with Crippen molar-refractivity contribution in [2.24, 2.45) is 15.2 Å². The zero-order chi connectivity index (χ0) is 13.0. The third-order valence-corrected chi connectivity index (χ3v) is 2.75. The average molecular weight is 275 g/mol. The van der Waals surface area contributed by atoms with Gasteiger partial charge >= 0.3 is 6.36 Å². The molecule has 0 atom stereocenters. The van der Waals surface area contributed by atoms with Crippen molar-refractivity contribution in [1.82, 2.24) is 0 Å². The van der Waals surface area contributed by atoms with Crippen LogP contribution in [0.15, 0.2) is 39.5 Å². The predicted molar refractivity (Wildman–Crippen MR) is 62.4 cm³/mol. The Morgan fingerprint density at radius 1 is 1.17 bits per heavy atom. The van der Waals surface area contributed by atoms with Crippen molar-refractivity contribution in [3.05, 3.63) is 24.3 Å². The van der Waals surface area contributed by atoms with Crippen molar-refractivity contribution in [3.8, 4) is 5.75 Å². The van der Waals surface area contributed by atoms with Gasteiger partial charge in [-0.15, -0.1) is 23.4 Å². The summed E-state index contributed by atoms with van der Waals surface area (Å²) in [7, 11) is 0. The molecule has 0 unspecified atom stereocenters. The second-order valence-electron chi connectivity index (χ2n) is 3.25. The fourth-order valence-corrected chi connectivity index (χ4v) is 1.85. The summed E-state index contributed by atoms with van der Waals surface area (Å²) in [6, 6.07) is 5.16. The molecule has 1 aliphatic heterocycles. The number of ether oxygens (including phenoxy) is 1. The largest absolute Gasteiger partial charge is 0.573 e. The number of benzene rings is 1. The number of amidine groups is 1. The summed E-state index contributed by atoms with van der Waals surface area (Å²) in [6.07, 6.45) is -4.68. The molecule has 0 N–H and O–H groups in total. The minimum absolute atomic E-state index is 0.283. The molecule has 0 saturated carbocycles. The van der Waals surface area contributed by atoms with Gasteiger partial charge in [0.1, 0.15) is 5.75 Å². The van der Waals surface area contributed by atoms with Crippen molar-refractivity contribution in [1.29, 1.82) is 0 Å². The Bertz CT molecular complexity index is 470. The van der Waals surface area contributed by atoms with Crippen LogP contribution in [0.2, 0.25) is 0 Å². The molecule has 18 heavy (non-hydrogen) atoms. The highest BCUT2D eigenvalue weighted by Crippen LogP contribution is 2.25. The van der Waals surface area contributed by atoms with Gasteiger partial charge in [-0.25, -0.2) is 0 Å². The number of rotatable bonds is 2. The highest BCUT2D eigenvalue weighted by Gasteiger charge is 2.30. The van der Waals surface area contributed by atoms with Crippen molar-refractivity contribution < 1.29 is 17.9 Å². The zero-order valence-corrected chi connectivity index (χ0v) is 9.83. The van der Waals surface area contributed by atoms with Crippen molar-refractivity contribution in [3.63, 3.8) is 0 Å². The fraction of sp³-hybridized carbons (Fsp3) is 0.300. The Balaban J connectivity index is 1.99. The summed E-state index contributed by atoms with van der Waals surface area (Å²) >= 11 is 1.49. The number of aliphatic imine (C=N–C) groups is 1. The highest BCUT2D eigenvalue weighted by molar-refractivity contribution is 8.14. The number of azo groups is 1. The van der Waals surface area contributed by atoms with Crippen LogP contribution in [-0.2, 0) is 0 Å². The molecule has 4 nitrogen and oxygen atoms in total. The summed E-state index contributed by atoms with van der Waals surface area (Å²) in [5.74, 6) is 0.598. The predicted octanol–water partition coefficient (Wildman–Crippen LogP) is 3.77. The molecule has 0 aliphatic carbocycles. The van der Waals surface area contributed by atoms with Gasteiger partial charge in [-0.1, -0.05) is 11.8 Å². The standard InChI is InChI=1S/C10H8F3N3OS/c11-10(12,13)17-8-3-1-7(2-4-8)15-16-9-14-5-6-18-9/h1-4H,5-6H2/b16-15+. The molecule has 1 heterocycles. The van der Waals surface area contributed by atoms with Gasteiger partial charge in [0.15, 0.2) is 0 Å². The third-order valence-electron chi connectivity index (χ3n) is 1.89.